The average Bonchev–Trinajstić information content (AvgIpc) is 2.45. The van der Waals surface area contributed by atoms with Gasteiger partial charge in [-0.2, -0.15) is 0 Å². The molecule has 3 amide bonds. The van der Waals surface area contributed by atoms with E-state index in [0.717, 1.165) is 12.5 Å². The Morgan fingerprint density at radius 1 is 1.12 bits per heavy atom. The first-order valence-electron chi connectivity index (χ1n) is 7.84. The van der Waals surface area contributed by atoms with E-state index >= 15 is 0 Å². The van der Waals surface area contributed by atoms with E-state index in [4.69, 9.17) is 5.73 Å². The zero-order chi connectivity index (χ0) is 18.3. The van der Waals surface area contributed by atoms with Crippen molar-refractivity contribution in [2.75, 3.05) is 0 Å². The van der Waals surface area contributed by atoms with Crippen molar-refractivity contribution >= 4 is 17.7 Å². The Bertz CT molecular complexity index is 604. The zero-order valence-electron chi connectivity index (χ0n) is 14.1. The van der Waals surface area contributed by atoms with E-state index in [1.807, 2.05) is 20.8 Å². The molecule has 4 N–H and O–H groups in total. The summed E-state index contributed by atoms with van der Waals surface area (Å²) in [6.45, 7) is 5.87. The van der Waals surface area contributed by atoms with Crippen LogP contribution in [0.2, 0.25) is 0 Å². The highest BCUT2D eigenvalue weighted by molar-refractivity contribution is 5.99. The number of benzene rings is 1. The van der Waals surface area contributed by atoms with Gasteiger partial charge >= 0.3 is 0 Å². The van der Waals surface area contributed by atoms with Crippen LogP contribution < -0.4 is 16.4 Å². The van der Waals surface area contributed by atoms with Crippen LogP contribution in [0.1, 0.15) is 44.0 Å². The maximum atomic E-state index is 13.7. The van der Waals surface area contributed by atoms with Crippen LogP contribution in [0.25, 0.3) is 0 Å². The number of rotatable bonds is 8. The van der Waals surface area contributed by atoms with Gasteiger partial charge in [0.1, 0.15) is 11.9 Å². The summed E-state index contributed by atoms with van der Waals surface area (Å²) in [5, 5.41) is 5.11. The van der Waals surface area contributed by atoms with E-state index in [1.54, 1.807) is 0 Å². The van der Waals surface area contributed by atoms with Crippen LogP contribution in [0, 0.1) is 11.7 Å². The number of hydrogen-bond donors (Lipinski definition) is 3. The lowest BCUT2D eigenvalue weighted by Gasteiger charge is -2.21. The monoisotopic (exact) mass is 337 g/mol. The van der Waals surface area contributed by atoms with E-state index in [2.05, 4.69) is 10.6 Å². The summed E-state index contributed by atoms with van der Waals surface area (Å²) >= 11 is 0. The third-order valence-corrected chi connectivity index (χ3v) is 3.36. The van der Waals surface area contributed by atoms with E-state index in [-0.39, 0.29) is 18.0 Å². The maximum absolute atomic E-state index is 13.7. The van der Waals surface area contributed by atoms with Crippen molar-refractivity contribution in [1.29, 1.82) is 0 Å². The van der Waals surface area contributed by atoms with Gasteiger partial charge in [0.05, 0.1) is 12.0 Å². The fourth-order valence-corrected chi connectivity index (χ4v) is 2.40. The van der Waals surface area contributed by atoms with E-state index in [1.165, 1.54) is 18.2 Å². The Hall–Kier alpha value is -2.44. The smallest absolute Gasteiger partial charge is 0.254 e. The van der Waals surface area contributed by atoms with Gasteiger partial charge in [-0.3, -0.25) is 14.4 Å². The minimum atomic E-state index is -1.15. The second-order valence-electron chi connectivity index (χ2n) is 6.22. The Morgan fingerprint density at radius 3 is 2.29 bits per heavy atom. The van der Waals surface area contributed by atoms with Gasteiger partial charge in [-0.05, 0) is 31.4 Å². The first-order valence-corrected chi connectivity index (χ1v) is 7.84. The first-order chi connectivity index (χ1) is 11.2. The predicted molar refractivity (Wildman–Crippen MR) is 88.5 cm³/mol. The van der Waals surface area contributed by atoms with Gasteiger partial charge in [-0.1, -0.05) is 26.0 Å². The summed E-state index contributed by atoms with van der Waals surface area (Å²) in [7, 11) is 0. The standard InChI is InChI=1S/C17H24FN3O3/c1-10(2)8-11(3)20-17(24)14(9-15(19)22)21-16(23)12-6-4-5-7-13(12)18/h4-7,10-11,14H,8-9H2,1-3H3,(H2,19,22)(H,20,24)(H,21,23). The molecule has 0 saturated carbocycles. The van der Waals surface area contributed by atoms with Crippen molar-refractivity contribution in [2.24, 2.45) is 11.7 Å². The fraction of sp³-hybridized carbons (Fsp3) is 0.471. The molecule has 2 atom stereocenters. The van der Waals surface area contributed by atoms with Crippen molar-refractivity contribution in [1.82, 2.24) is 10.6 Å². The molecule has 6 nitrogen and oxygen atoms in total. The minimum absolute atomic E-state index is 0.127. The summed E-state index contributed by atoms with van der Waals surface area (Å²) in [5.41, 5.74) is 4.94. The quantitative estimate of drug-likeness (QED) is 0.667. The number of primary amides is 1. The number of carbonyl (C=O) groups excluding carboxylic acids is 3. The predicted octanol–water partition coefficient (Wildman–Crippen LogP) is 1.35. The van der Waals surface area contributed by atoms with Crippen molar-refractivity contribution in [2.45, 2.75) is 45.7 Å². The molecule has 0 aliphatic carbocycles. The summed E-state index contributed by atoms with van der Waals surface area (Å²) in [6, 6.07) is 4.12. The Labute approximate surface area is 141 Å². The zero-order valence-corrected chi connectivity index (χ0v) is 14.1. The molecule has 0 radical (unpaired) electrons. The molecule has 0 aliphatic heterocycles. The van der Waals surface area contributed by atoms with Crippen molar-refractivity contribution in [3.8, 4) is 0 Å². The molecular formula is C17H24FN3O3. The van der Waals surface area contributed by atoms with Crippen LogP contribution in [0.5, 0.6) is 0 Å². The lowest BCUT2D eigenvalue weighted by atomic mass is 10.0. The molecule has 0 saturated heterocycles. The third kappa shape index (κ3) is 6.36. The highest BCUT2D eigenvalue weighted by atomic mass is 19.1. The van der Waals surface area contributed by atoms with Crippen LogP contribution in [0.3, 0.4) is 0 Å². The van der Waals surface area contributed by atoms with Crippen LogP contribution in [-0.4, -0.2) is 29.8 Å². The SMILES string of the molecule is CC(C)CC(C)NC(=O)C(CC(N)=O)NC(=O)c1ccccc1F. The molecule has 0 aromatic heterocycles. The molecule has 0 aliphatic rings. The van der Waals surface area contributed by atoms with Gasteiger partial charge < -0.3 is 16.4 Å². The van der Waals surface area contributed by atoms with Crippen molar-refractivity contribution in [3.05, 3.63) is 35.6 Å². The van der Waals surface area contributed by atoms with Crippen LogP contribution in [0.4, 0.5) is 4.39 Å². The van der Waals surface area contributed by atoms with Gasteiger partial charge in [0.25, 0.3) is 5.91 Å². The number of amides is 3. The summed E-state index contributed by atoms with van der Waals surface area (Å²) in [5.74, 6) is -2.36. The number of carbonyl (C=O) groups is 3. The first kappa shape index (κ1) is 19.6. The lowest BCUT2D eigenvalue weighted by Crippen LogP contribution is -2.50. The molecule has 0 bridgehead atoms. The Kier molecular flexibility index (Phi) is 7.35. The minimum Gasteiger partial charge on any atom is -0.370 e. The molecular weight excluding hydrogens is 313 g/mol. The molecule has 24 heavy (non-hydrogen) atoms. The maximum Gasteiger partial charge on any atom is 0.254 e. The van der Waals surface area contributed by atoms with Crippen LogP contribution in [0.15, 0.2) is 24.3 Å². The number of hydrogen-bond acceptors (Lipinski definition) is 3. The molecule has 0 fully saturated rings. The molecule has 1 aromatic rings. The molecule has 132 valence electrons. The number of nitrogens with one attached hydrogen (secondary N) is 2. The van der Waals surface area contributed by atoms with Crippen LogP contribution >= 0.6 is 0 Å². The van der Waals surface area contributed by atoms with E-state index in [0.29, 0.717) is 5.92 Å². The molecule has 0 heterocycles. The average molecular weight is 337 g/mol. The largest absolute Gasteiger partial charge is 0.370 e. The highest BCUT2D eigenvalue weighted by Gasteiger charge is 2.25. The van der Waals surface area contributed by atoms with Gasteiger partial charge in [0.2, 0.25) is 11.8 Å². The summed E-state index contributed by atoms with van der Waals surface area (Å²) < 4.78 is 13.7. The molecule has 1 aromatic carbocycles. The van der Waals surface area contributed by atoms with Crippen molar-refractivity contribution < 1.29 is 18.8 Å². The molecule has 0 spiro atoms. The van der Waals surface area contributed by atoms with Gasteiger partial charge in [0.15, 0.2) is 0 Å². The van der Waals surface area contributed by atoms with Gasteiger partial charge in [-0.15, -0.1) is 0 Å². The van der Waals surface area contributed by atoms with E-state index in [9.17, 15) is 18.8 Å². The number of nitrogens with two attached hydrogens (primary N) is 1. The Balaban J connectivity index is 2.81. The van der Waals surface area contributed by atoms with E-state index < -0.39 is 29.6 Å². The molecule has 1 rings (SSSR count). The second kappa shape index (κ2) is 9.00. The van der Waals surface area contributed by atoms with Crippen molar-refractivity contribution in [3.63, 3.8) is 0 Å². The normalized spacial score (nSPS) is 13.2. The highest BCUT2D eigenvalue weighted by Crippen LogP contribution is 2.08. The third-order valence-electron chi connectivity index (χ3n) is 3.36. The lowest BCUT2D eigenvalue weighted by molar-refractivity contribution is -0.127. The Morgan fingerprint density at radius 2 is 1.75 bits per heavy atom. The second-order valence-corrected chi connectivity index (χ2v) is 6.22. The van der Waals surface area contributed by atoms with Gasteiger partial charge in [0, 0.05) is 6.04 Å². The van der Waals surface area contributed by atoms with Crippen LogP contribution in [-0.2, 0) is 9.59 Å². The molecule has 2 unspecified atom stereocenters. The fourth-order valence-electron chi connectivity index (χ4n) is 2.40. The summed E-state index contributed by atoms with van der Waals surface area (Å²) in [4.78, 5) is 35.6. The van der Waals surface area contributed by atoms with Gasteiger partial charge in [-0.25, -0.2) is 4.39 Å². The molecule has 7 heteroatoms. The number of halogens is 1. The topological polar surface area (TPSA) is 101 Å². The summed E-state index contributed by atoms with van der Waals surface area (Å²) in [6.07, 6.45) is 0.386.